The molecule has 7 heteroatoms. The maximum atomic E-state index is 13.0. The van der Waals surface area contributed by atoms with Crippen LogP contribution < -0.4 is 10.6 Å². The van der Waals surface area contributed by atoms with Crippen LogP contribution in [0, 0.1) is 19.7 Å². The van der Waals surface area contributed by atoms with Gasteiger partial charge in [-0.25, -0.2) is 4.39 Å². The van der Waals surface area contributed by atoms with Crippen molar-refractivity contribution in [2.75, 3.05) is 43.4 Å². The molecule has 0 aliphatic carbocycles. The Morgan fingerprint density at radius 2 is 1.57 bits per heavy atom. The number of nitrogens with one attached hydrogen (secondary N) is 2. The second kappa shape index (κ2) is 9.82. The second-order valence-corrected chi connectivity index (χ2v) is 7.80. The molecule has 0 saturated carbocycles. The average molecular weight is 413 g/mol. The molecule has 0 bridgehead atoms. The van der Waals surface area contributed by atoms with Crippen LogP contribution in [-0.4, -0.2) is 60.4 Å². The van der Waals surface area contributed by atoms with Gasteiger partial charge in [0, 0.05) is 37.6 Å². The standard InChI is InChI=1S/C23H29FN4O2/c1-16-5-4-6-17(2)22(16)26-21(29)15-27-11-13-28(14-12-27)18(3)23(30)25-20-9-7-19(24)8-10-20/h4-10,18H,11-15H2,1-3H3,(H,25,30)(H,26,29)/t18-/m0/s1. The summed E-state index contributed by atoms with van der Waals surface area (Å²) in [7, 11) is 0. The van der Waals surface area contributed by atoms with Gasteiger partial charge in [0.25, 0.3) is 0 Å². The van der Waals surface area contributed by atoms with Gasteiger partial charge >= 0.3 is 0 Å². The lowest BCUT2D eigenvalue weighted by atomic mass is 10.1. The Morgan fingerprint density at radius 1 is 0.967 bits per heavy atom. The zero-order valence-corrected chi connectivity index (χ0v) is 17.7. The van der Waals surface area contributed by atoms with E-state index in [4.69, 9.17) is 0 Å². The molecule has 1 atom stereocenters. The van der Waals surface area contributed by atoms with Crippen LogP contribution in [-0.2, 0) is 9.59 Å². The maximum Gasteiger partial charge on any atom is 0.241 e. The number of benzene rings is 2. The number of nitrogens with zero attached hydrogens (tertiary/aromatic N) is 2. The minimum absolute atomic E-state index is 0.0250. The van der Waals surface area contributed by atoms with E-state index < -0.39 is 0 Å². The Balaban J connectivity index is 1.46. The van der Waals surface area contributed by atoms with E-state index in [1.807, 2.05) is 39.0 Å². The van der Waals surface area contributed by atoms with Crippen molar-refractivity contribution in [1.29, 1.82) is 0 Å². The van der Waals surface area contributed by atoms with Crippen LogP contribution in [0.15, 0.2) is 42.5 Å². The molecule has 2 aromatic rings. The summed E-state index contributed by atoms with van der Waals surface area (Å²) in [6.07, 6.45) is 0. The van der Waals surface area contributed by atoms with E-state index >= 15 is 0 Å². The van der Waals surface area contributed by atoms with Crippen molar-refractivity contribution in [3.8, 4) is 0 Å². The van der Waals surface area contributed by atoms with E-state index in [1.165, 1.54) is 12.1 Å². The second-order valence-electron chi connectivity index (χ2n) is 7.80. The van der Waals surface area contributed by atoms with E-state index in [9.17, 15) is 14.0 Å². The van der Waals surface area contributed by atoms with Gasteiger partial charge in [-0.15, -0.1) is 0 Å². The first-order chi connectivity index (χ1) is 14.3. The number of amides is 2. The Morgan fingerprint density at radius 3 is 2.17 bits per heavy atom. The first kappa shape index (κ1) is 21.9. The Kier molecular flexibility index (Phi) is 7.18. The van der Waals surface area contributed by atoms with Crippen LogP contribution in [0.25, 0.3) is 0 Å². The summed E-state index contributed by atoms with van der Waals surface area (Å²) in [6.45, 7) is 9.01. The quantitative estimate of drug-likeness (QED) is 0.766. The van der Waals surface area contributed by atoms with Crippen molar-refractivity contribution < 1.29 is 14.0 Å². The number of para-hydroxylation sites is 1. The van der Waals surface area contributed by atoms with Gasteiger partial charge < -0.3 is 10.6 Å². The molecule has 0 unspecified atom stereocenters. The van der Waals surface area contributed by atoms with Gasteiger partial charge in [0.15, 0.2) is 0 Å². The molecule has 160 valence electrons. The lowest BCUT2D eigenvalue weighted by molar-refractivity contribution is -0.122. The van der Waals surface area contributed by atoms with Crippen LogP contribution in [0.5, 0.6) is 0 Å². The minimum atomic E-state index is -0.334. The number of anilines is 2. The van der Waals surface area contributed by atoms with E-state index in [1.54, 1.807) is 12.1 Å². The molecule has 1 fully saturated rings. The average Bonchev–Trinajstić information content (AvgIpc) is 2.72. The summed E-state index contributed by atoms with van der Waals surface area (Å²) in [5.41, 5.74) is 3.56. The van der Waals surface area contributed by atoms with Gasteiger partial charge in [0.05, 0.1) is 12.6 Å². The van der Waals surface area contributed by atoms with E-state index in [-0.39, 0.29) is 23.7 Å². The van der Waals surface area contributed by atoms with Crippen molar-refractivity contribution in [1.82, 2.24) is 9.80 Å². The molecule has 2 amide bonds. The maximum absolute atomic E-state index is 13.0. The van der Waals surface area contributed by atoms with Gasteiger partial charge in [0.1, 0.15) is 5.82 Å². The molecule has 2 N–H and O–H groups in total. The fourth-order valence-electron chi connectivity index (χ4n) is 3.65. The van der Waals surface area contributed by atoms with E-state index in [0.717, 1.165) is 16.8 Å². The fraction of sp³-hybridized carbons (Fsp3) is 0.391. The third kappa shape index (κ3) is 5.64. The van der Waals surface area contributed by atoms with Gasteiger partial charge in [-0.05, 0) is 56.2 Å². The molecule has 1 aliphatic rings. The number of piperazine rings is 1. The molecule has 6 nitrogen and oxygen atoms in total. The Bertz CT molecular complexity index is 872. The molecular weight excluding hydrogens is 383 g/mol. The third-order valence-electron chi connectivity index (χ3n) is 5.56. The SMILES string of the molecule is Cc1cccc(C)c1NC(=O)CN1CCN([C@@H](C)C(=O)Nc2ccc(F)cc2)CC1. The van der Waals surface area contributed by atoms with Gasteiger partial charge in [-0.2, -0.15) is 0 Å². The summed E-state index contributed by atoms with van der Waals surface area (Å²) in [6, 6.07) is 11.4. The minimum Gasteiger partial charge on any atom is -0.325 e. The van der Waals surface area contributed by atoms with Crippen LogP contribution in [0.2, 0.25) is 0 Å². The summed E-state index contributed by atoms with van der Waals surface area (Å²) in [5, 5.41) is 5.85. The zero-order valence-electron chi connectivity index (χ0n) is 17.7. The first-order valence-electron chi connectivity index (χ1n) is 10.2. The predicted molar refractivity (Wildman–Crippen MR) is 117 cm³/mol. The van der Waals surface area contributed by atoms with Crippen molar-refractivity contribution in [2.24, 2.45) is 0 Å². The smallest absolute Gasteiger partial charge is 0.241 e. The number of hydrogen-bond acceptors (Lipinski definition) is 4. The summed E-state index contributed by atoms with van der Waals surface area (Å²) < 4.78 is 13.0. The van der Waals surface area contributed by atoms with E-state index in [2.05, 4.69) is 20.4 Å². The highest BCUT2D eigenvalue weighted by molar-refractivity contribution is 5.95. The van der Waals surface area contributed by atoms with Crippen molar-refractivity contribution >= 4 is 23.2 Å². The molecule has 1 heterocycles. The Hall–Kier alpha value is -2.77. The normalized spacial score (nSPS) is 16.1. The lowest BCUT2D eigenvalue weighted by Crippen LogP contribution is -2.53. The lowest BCUT2D eigenvalue weighted by Gasteiger charge is -2.37. The van der Waals surface area contributed by atoms with Crippen LogP contribution in [0.4, 0.5) is 15.8 Å². The van der Waals surface area contributed by atoms with Gasteiger partial charge in [0.2, 0.25) is 11.8 Å². The van der Waals surface area contributed by atoms with Crippen molar-refractivity contribution in [3.05, 3.63) is 59.4 Å². The number of carbonyl (C=O) groups is 2. The van der Waals surface area contributed by atoms with Crippen molar-refractivity contribution in [2.45, 2.75) is 26.8 Å². The van der Waals surface area contributed by atoms with E-state index in [0.29, 0.717) is 38.4 Å². The Labute approximate surface area is 177 Å². The molecule has 2 aromatic carbocycles. The number of rotatable bonds is 6. The molecular formula is C23H29FN4O2. The van der Waals surface area contributed by atoms with Gasteiger partial charge in [-0.3, -0.25) is 19.4 Å². The summed E-state index contributed by atoms with van der Waals surface area (Å²) >= 11 is 0. The highest BCUT2D eigenvalue weighted by atomic mass is 19.1. The number of hydrogen-bond donors (Lipinski definition) is 2. The molecule has 1 aliphatic heterocycles. The molecule has 0 aromatic heterocycles. The molecule has 1 saturated heterocycles. The molecule has 3 rings (SSSR count). The number of carbonyl (C=O) groups excluding carboxylic acids is 2. The van der Waals surface area contributed by atoms with Gasteiger partial charge in [-0.1, -0.05) is 18.2 Å². The largest absolute Gasteiger partial charge is 0.325 e. The van der Waals surface area contributed by atoms with Crippen LogP contribution >= 0.6 is 0 Å². The fourth-order valence-corrected chi connectivity index (χ4v) is 3.65. The van der Waals surface area contributed by atoms with Crippen molar-refractivity contribution in [3.63, 3.8) is 0 Å². The topological polar surface area (TPSA) is 64.7 Å². The summed E-state index contributed by atoms with van der Waals surface area (Å²) in [5.74, 6) is -0.482. The molecule has 0 radical (unpaired) electrons. The monoisotopic (exact) mass is 412 g/mol. The zero-order chi connectivity index (χ0) is 21.7. The molecule has 30 heavy (non-hydrogen) atoms. The van der Waals surface area contributed by atoms with Crippen LogP contribution in [0.3, 0.4) is 0 Å². The highest BCUT2D eigenvalue weighted by Gasteiger charge is 2.26. The predicted octanol–water partition coefficient (Wildman–Crippen LogP) is 3.03. The molecule has 0 spiro atoms. The summed E-state index contributed by atoms with van der Waals surface area (Å²) in [4.78, 5) is 29.2. The highest BCUT2D eigenvalue weighted by Crippen LogP contribution is 2.19. The number of halogens is 1. The van der Waals surface area contributed by atoms with Crippen LogP contribution in [0.1, 0.15) is 18.1 Å². The first-order valence-corrected chi connectivity index (χ1v) is 10.2. The number of aryl methyl sites for hydroxylation is 2. The third-order valence-corrected chi connectivity index (χ3v) is 5.56.